The van der Waals surface area contributed by atoms with Gasteiger partial charge in [0.1, 0.15) is 0 Å². The summed E-state index contributed by atoms with van der Waals surface area (Å²) in [6.07, 6.45) is 11.4. The van der Waals surface area contributed by atoms with Crippen LogP contribution in [0.4, 0.5) is 0 Å². The predicted octanol–water partition coefficient (Wildman–Crippen LogP) is 7.24. The summed E-state index contributed by atoms with van der Waals surface area (Å²) in [6, 6.07) is 5.77. The van der Waals surface area contributed by atoms with E-state index in [0.717, 1.165) is 81.8 Å². The lowest BCUT2D eigenvalue weighted by atomic mass is 9.80. The molecule has 1 aliphatic carbocycles. The highest BCUT2D eigenvalue weighted by molar-refractivity contribution is 5.94. The second-order valence-corrected chi connectivity index (χ2v) is 9.38. The number of unbranched alkanes of at least 4 members (excludes halogenated alkanes) is 2. The molecule has 0 bridgehead atoms. The third-order valence-electron chi connectivity index (χ3n) is 6.99. The van der Waals surface area contributed by atoms with E-state index in [-0.39, 0.29) is 17.9 Å². The zero-order valence-corrected chi connectivity index (χ0v) is 20.8. The van der Waals surface area contributed by atoms with E-state index in [2.05, 4.69) is 27.7 Å². The van der Waals surface area contributed by atoms with E-state index in [0.29, 0.717) is 30.6 Å². The zero-order chi connectivity index (χ0) is 23.3. The van der Waals surface area contributed by atoms with Crippen LogP contribution >= 0.6 is 0 Å². The van der Waals surface area contributed by atoms with Crippen LogP contribution in [0.1, 0.15) is 119 Å². The van der Waals surface area contributed by atoms with Crippen molar-refractivity contribution < 1.29 is 19.1 Å². The molecule has 0 aliphatic heterocycles. The van der Waals surface area contributed by atoms with Gasteiger partial charge >= 0.3 is 11.9 Å². The van der Waals surface area contributed by atoms with Gasteiger partial charge in [-0.15, -0.1) is 0 Å². The van der Waals surface area contributed by atoms with E-state index in [4.69, 9.17) is 9.47 Å². The molecule has 3 atom stereocenters. The van der Waals surface area contributed by atoms with Crippen molar-refractivity contribution in [2.75, 3.05) is 13.2 Å². The minimum Gasteiger partial charge on any atom is -0.465 e. The van der Waals surface area contributed by atoms with Gasteiger partial charge in [0.2, 0.25) is 0 Å². The van der Waals surface area contributed by atoms with E-state index in [1.54, 1.807) is 0 Å². The molecule has 0 saturated carbocycles. The largest absolute Gasteiger partial charge is 0.465 e. The van der Waals surface area contributed by atoms with Gasteiger partial charge in [0.05, 0.1) is 24.7 Å². The summed E-state index contributed by atoms with van der Waals surface area (Å²) in [4.78, 5) is 26.1. The predicted molar refractivity (Wildman–Crippen MR) is 130 cm³/mol. The van der Waals surface area contributed by atoms with Crippen LogP contribution < -0.4 is 0 Å². The van der Waals surface area contributed by atoms with Crippen LogP contribution in [0.2, 0.25) is 0 Å². The fourth-order valence-corrected chi connectivity index (χ4v) is 4.67. The zero-order valence-electron chi connectivity index (χ0n) is 20.8. The van der Waals surface area contributed by atoms with E-state index in [1.807, 2.05) is 18.2 Å². The van der Waals surface area contributed by atoms with Crippen molar-refractivity contribution in [3.63, 3.8) is 0 Å². The SMILES string of the molecule is CCCCC(CC)COC(=O)c1cccc2c1C(C(=O)OCC(CC)CCCC)CCC2. The molecule has 1 aromatic carbocycles. The normalized spacial score (nSPS) is 17.3. The highest BCUT2D eigenvalue weighted by Crippen LogP contribution is 2.36. The summed E-state index contributed by atoms with van der Waals surface area (Å²) in [5, 5.41) is 0. The van der Waals surface area contributed by atoms with Gasteiger partial charge in [0.15, 0.2) is 0 Å². The molecule has 3 unspecified atom stereocenters. The van der Waals surface area contributed by atoms with Gasteiger partial charge in [-0.25, -0.2) is 4.79 Å². The van der Waals surface area contributed by atoms with Crippen molar-refractivity contribution in [1.82, 2.24) is 0 Å². The Morgan fingerprint density at radius 1 is 0.938 bits per heavy atom. The summed E-state index contributed by atoms with van der Waals surface area (Å²) in [7, 11) is 0. The Balaban J connectivity index is 2.10. The Morgan fingerprint density at radius 3 is 2.16 bits per heavy atom. The molecular formula is C28H44O4. The lowest BCUT2D eigenvalue weighted by Gasteiger charge is -2.27. The van der Waals surface area contributed by atoms with Crippen molar-refractivity contribution in [2.45, 2.75) is 104 Å². The number of hydrogen-bond acceptors (Lipinski definition) is 4. The van der Waals surface area contributed by atoms with Crippen molar-refractivity contribution in [3.8, 4) is 0 Å². The number of hydrogen-bond donors (Lipinski definition) is 0. The standard InChI is InChI=1S/C28H44O4/c1-5-9-13-21(7-3)19-31-27(29)24-17-11-15-23-16-12-18-25(26(23)24)28(30)32-20-22(8-4)14-10-6-2/h11,15,17,21-22,25H,5-10,12-14,16,18-20H2,1-4H3. The van der Waals surface area contributed by atoms with Crippen molar-refractivity contribution in [3.05, 3.63) is 34.9 Å². The minimum atomic E-state index is -0.367. The van der Waals surface area contributed by atoms with Crippen LogP contribution in [0, 0.1) is 11.8 Å². The molecule has 0 radical (unpaired) electrons. The number of benzene rings is 1. The second-order valence-electron chi connectivity index (χ2n) is 9.38. The number of esters is 2. The number of carbonyl (C=O) groups excluding carboxylic acids is 2. The Bertz CT molecular complexity index is 711. The third-order valence-corrected chi connectivity index (χ3v) is 6.99. The van der Waals surface area contributed by atoms with Gasteiger partial charge in [0.25, 0.3) is 0 Å². The number of rotatable bonds is 14. The van der Waals surface area contributed by atoms with E-state index in [9.17, 15) is 9.59 Å². The van der Waals surface area contributed by atoms with Gasteiger partial charge < -0.3 is 9.47 Å². The maximum atomic E-state index is 13.1. The van der Waals surface area contributed by atoms with Crippen LogP contribution in [0.3, 0.4) is 0 Å². The van der Waals surface area contributed by atoms with Gasteiger partial charge in [0, 0.05) is 0 Å². The maximum Gasteiger partial charge on any atom is 0.338 e. The molecule has 0 saturated heterocycles. The highest BCUT2D eigenvalue weighted by Gasteiger charge is 2.32. The maximum absolute atomic E-state index is 13.1. The van der Waals surface area contributed by atoms with Crippen molar-refractivity contribution in [1.29, 1.82) is 0 Å². The molecule has 1 aliphatic rings. The number of carbonyl (C=O) groups is 2. The number of fused-ring (bicyclic) bond motifs is 1. The highest BCUT2D eigenvalue weighted by atomic mass is 16.5. The third kappa shape index (κ3) is 7.64. The second kappa shape index (κ2) is 14.3. The van der Waals surface area contributed by atoms with Crippen LogP contribution in [0.25, 0.3) is 0 Å². The average molecular weight is 445 g/mol. The van der Waals surface area contributed by atoms with Gasteiger partial charge in [-0.1, -0.05) is 78.4 Å². The summed E-state index contributed by atoms with van der Waals surface area (Å²) in [6.45, 7) is 9.59. The van der Waals surface area contributed by atoms with Crippen molar-refractivity contribution >= 4 is 11.9 Å². The van der Waals surface area contributed by atoms with Crippen LogP contribution in [-0.4, -0.2) is 25.2 Å². The molecule has 1 aromatic rings. The molecule has 0 amide bonds. The number of aryl methyl sites for hydroxylation is 1. The smallest absolute Gasteiger partial charge is 0.338 e. The first kappa shape index (κ1) is 26.4. The Morgan fingerprint density at radius 2 is 1.56 bits per heavy atom. The first-order valence-corrected chi connectivity index (χ1v) is 13.0. The molecule has 0 N–H and O–H groups in total. The quantitative estimate of drug-likeness (QED) is 0.284. The van der Waals surface area contributed by atoms with Crippen LogP contribution in [-0.2, 0) is 20.7 Å². The minimum absolute atomic E-state index is 0.185. The van der Waals surface area contributed by atoms with Crippen molar-refractivity contribution in [2.24, 2.45) is 11.8 Å². The molecular weight excluding hydrogens is 400 g/mol. The number of ether oxygens (including phenoxy) is 2. The molecule has 0 aromatic heterocycles. The molecule has 4 heteroatoms. The lowest BCUT2D eigenvalue weighted by molar-refractivity contribution is -0.147. The monoisotopic (exact) mass is 444 g/mol. The lowest BCUT2D eigenvalue weighted by Crippen LogP contribution is -2.26. The molecule has 0 spiro atoms. The average Bonchev–Trinajstić information content (AvgIpc) is 2.83. The van der Waals surface area contributed by atoms with Gasteiger partial charge in [-0.3, -0.25) is 4.79 Å². The van der Waals surface area contributed by atoms with E-state index >= 15 is 0 Å². The van der Waals surface area contributed by atoms with Crippen LogP contribution in [0.15, 0.2) is 18.2 Å². The first-order valence-electron chi connectivity index (χ1n) is 13.0. The van der Waals surface area contributed by atoms with E-state index < -0.39 is 0 Å². The fourth-order valence-electron chi connectivity index (χ4n) is 4.67. The fraction of sp³-hybridized carbons (Fsp3) is 0.714. The van der Waals surface area contributed by atoms with E-state index in [1.165, 1.54) is 0 Å². The summed E-state index contributed by atoms with van der Waals surface area (Å²) in [5.74, 6) is -0.0424. The molecule has 32 heavy (non-hydrogen) atoms. The Hall–Kier alpha value is -1.84. The van der Waals surface area contributed by atoms with Crippen LogP contribution in [0.5, 0.6) is 0 Å². The Labute approximate surface area is 195 Å². The molecule has 0 fully saturated rings. The van der Waals surface area contributed by atoms with Gasteiger partial charge in [-0.2, -0.15) is 0 Å². The Kier molecular flexibility index (Phi) is 11.8. The topological polar surface area (TPSA) is 52.6 Å². The summed E-state index contributed by atoms with van der Waals surface area (Å²) >= 11 is 0. The van der Waals surface area contributed by atoms with Gasteiger partial charge in [-0.05, 0) is 61.1 Å². The molecule has 2 rings (SSSR count). The molecule has 180 valence electrons. The molecule has 0 heterocycles. The summed E-state index contributed by atoms with van der Waals surface area (Å²) in [5.41, 5.74) is 2.48. The molecule has 4 nitrogen and oxygen atoms in total. The first-order chi connectivity index (χ1) is 15.5. The summed E-state index contributed by atoms with van der Waals surface area (Å²) < 4.78 is 11.5.